The number of aliphatic hydroxyl groups is 1. The van der Waals surface area contributed by atoms with Gasteiger partial charge in [0.05, 0.1) is 16.1 Å². The minimum absolute atomic E-state index is 0.000237. The van der Waals surface area contributed by atoms with Crippen LogP contribution in [0, 0.1) is 16.0 Å². The van der Waals surface area contributed by atoms with Gasteiger partial charge in [-0.25, -0.2) is 0 Å². The minimum Gasteiger partial charge on any atom is -0.393 e. The summed E-state index contributed by atoms with van der Waals surface area (Å²) >= 11 is 0. The average Bonchev–Trinajstić information content (AvgIpc) is 2.43. The van der Waals surface area contributed by atoms with Crippen molar-refractivity contribution in [3.8, 4) is 0 Å². The molecule has 0 saturated heterocycles. The summed E-state index contributed by atoms with van der Waals surface area (Å²) in [6.07, 6.45) is 0.766. The molecule has 0 heterocycles. The summed E-state index contributed by atoms with van der Waals surface area (Å²) in [5.41, 5.74) is 4.13. The van der Waals surface area contributed by atoms with Crippen LogP contribution in [0.1, 0.15) is 37.6 Å². The molecule has 116 valence electrons. The molecule has 4 N–H and O–H groups in total. The van der Waals surface area contributed by atoms with E-state index in [2.05, 4.69) is 5.32 Å². The van der Waals surface area contributed by atoms with E-state index in [1.807, 2.05) is 13.8 Å². The van der Waals surface area contributed by atoms with Crippen LogP contribution < -0.4 is 11.1 Å². The number of rotatable bonds is 6. The van der Waals surface area contributed by atoms with Crippen LogP contribution in [0.4, 0.5) is 11.4 Å². The van der Waals surface area contributed by atoms with Crippen molar-refractivity contribution in [3.63, 3.8) is 0 Å². The normalized spacial score (nSPS) is 15.0. The van der Waals surface area contributed by atoms with Gasteiger partial charge in [-0.1, -0.05) is 26.3 Å². The van der Waals surface area contributed by atoms with Gasteiger partial charge in [-0.2, -0.15) is 0 Å². The Labute approximate surface area is 123 Å². The lowest BCUT2D eigenvalue weighted by molar-refractivity contribution is -0.383. The first-order valence-corrected chi connectivity index (χ1v) is 6.74. The van der Waals surface area contributed by atoms with E-state index in [1.54, 1.807) is 6.92 Å². The Bertz CT molecular complexity index is 543. The van der Waals surface area contributed by atoms with Crippen LogP contribution in [0.25, 0.3) is 0 Å². The van der Waals surface area contributed by atoms with Gasteiger partial charge in [0.25, 0.3) is 11.6 Å². The third kappa shape index (κ3) is 3.91. The Balaban J connectivity index is 2.87. The summed E-state index contributed by atoms with van der Waals surface area (Å²) in [5.74, 6) is -0.542. The van der Waals surface area contributed by atoms with E-state index in [1.165, 1.54) is 18.2 Å². The van der Waals surface area contributed by atoms with Crippen molar-refractivity contribution >= 4 is 17.3 Å². The van der Waals surface area contributed by atoms with Gasteiger partial charge in [-0.3, -0.25) is 14.9 Å². The molecule has 0 aromatic heterocycles. The monoisotopic (exact) mass is 295 g/mol. The van der Waals surface area contributed by atoms with Crippen LogP contribution in [-0.2, 0) is 0 Å². The molecule has 0 aliphatic heterocycles. The minimum atomic E-state index is -1.06. The van der Waals surface area contributed by atoms with Crippen LogP contribution in [0.5, 0.6) is 0 Å². The fraction of sp³-hybridized carbons (Fsp3) is 0.500. The maximum atomic E-state index is 12.1. The van der Waals surface area contributed by atoms with E-state index in [0.717, 1.165) is 6.42 Å². The van der Waals surface area contributed by atoms with E-state index in [-0.39, 0.29) is 29.4 Å². The lowest BCUT2D eigenvalue weighted by atomic mass is 9.88. The second-order valence-electron chi connectivity index (χ2n) is 5.34. The Morgan fingerprint density at radius 3 is 2.71 bits per heavy atom. The molecule has 2 unspecified atom stereocenters. The van der Waals surface area contributed by atoms with Crippen molar-refractivity contribution in [3.05, 3.63) is 33.9 Å². The fourth-order valence-corrected chi connectivity index (χ4v) is 1.88. The second-order valence-corrected chi connectivity index (χ2v) is 5.34. The number of nitrogens with one attached hydrogen (secondary N) is 1. The molecule has 7 nitrogen and oxygen atoms in total. The predicted octanol–water partition coefficient (Wildman–Crippen LogP) is 1.70. The summed E-state index contributed by atoms with van der Waals surface area (Å²) in [4.78, 5) is 22.2. The first-order chi connectivity index (χ1) is 9.70. The zero-order valence-corrected chi connectivity index (χ0v) is 12.4. The topological polar surface area (TPSA) is 118 Å². The number of amides is 1. The first-order valence-electron chi connectivity index (χ1n) is 6.74. The van der Waals surface area contributed by atoms with Gasteiger partial charge in [-0.05, 0) is 18.9 Å². The van der Waals surface area contributed by atoms with E-state index in [4.69, 9.17) is 5.73 Å². The highest BCUT2D eigenvalue weighted by Gasteiger charge is 2.28. The van der Waals surface area contributed by atoms with Crippen LogP contribution in [0.2, 0.25) is 0 Å². The molecule has 0 fully saturated rings. The Morgan fingerprint density at radius 1 is 1.57 bits per heavy atom. The van der Waals surface area contributed by atoms with E-state index >= 15 is 0 Å². The zero-order valence-electron chi connectivity index (χ0n) is 12.4. The second kappa shape index (κ2) is 6.53. The van der Waals surface area contributed by atoms with Crippen LogP contribution in [0.15, 0.2) is 18.2 Å². The number of nitrogens with two attached hydrogens (primary N) is 1. The van der Waals surface area contributed by atoms with Crippen LogP contribution in [0.3, 0.4) is 0 Å². The summed E-state index contributed by atoms with van der Waals surface area (Å²) in [6, 6.07) is 4.05. The number of nitro benzene ring substituents is 1. The third-order valence-corrected chi connectivity index (χ3v) is 3.81. The summed E-state index contributed by atoms with van der Waals surface area (Å²) < 4.78 is 0. The van der Waals surface area contributed by atoms with Gasteiger partial charge < -0.3 is 16.2 Å². The van der Waals surface area contributed by atoms with Crippen molar-refractivity contribution in [2.45, 2.75) is 32.8 Å². The summed E-state index contributed by atoms with van der Waals surface area (Å²) in [7, 11) is 0. The van der Waals surface area contributed by atoms with Gasteiger partial charge in [0, 0.05) is 12.6 Å². The number of carbonyl (C=O) groups excluding carboxylic acids is 1. The van der Waals surface area contributed by atoms with Crippen LogP contribution in [-0.4, -0.2) is 28.1 Å². The molecular weight excluding hydrogens is 274 g/mol. The molecule has 1 amide bonds. The molecule has 0 saturated carbocycles. The van der Waals surface area contributed by atoms with Gasteiger partial charge in [0.2, 0.25) is 0 Å². The maximum absolute atomic E-state index is 12.1. The number of nitrogens with zero attached hydrogens (tertiary/aromatic N) is 1. The molecule has 2 atom stereocenters. The molecular formula is C14H21N3O4. The van der Waals surface area contributed by atoms with Crippen molar-refractivity contribution in [1.29, 1.82) is 0 Å². The third-order valence-electron chi connectivity index (χ3n) is 3.81. The predicted molar refractivity (Wildman–Crippen MR) is 79.9 cm³/mol. The standard InChI is InChI=1S/C14H21N3O4/c1-4-9(2)14(3,19)8-16-13(18)10-6-5-7-11(12(10)15)17(20)21/h5-7,9,19H,4,8,15H2,1-3H3,(H,16,18). The fourth-order valence-electron chi connectivity index (χ4n) is 1.88. The van der Waals surface area contributed by atoms with E-state index in [0.29, 0.717) is 0 Å². The lowest BCUT2D eigenvalue weighted by Gasteiger charge is -2.29. The highest BCUT2D eigenvalue weighted by molar-refractivity contribution is 6.01. The zero-order chi connectivity index (χ0) is 16.2. The smallest absolute Gasteiger partial charge is 0.292 e. The number of anilines is 1. The molecule has 0 spiro atoms. The molecule has 1 aromatic rings. The number of nitro groups is 1. The SMILES string of the molecule is CCC(C)C(C)(O)CNC(=O)c1cccc([N+](=O)[O-])c1N. The molecule has 7 heteroatoms. The lowest BCUT2D eigenvalue weighted by Crippen LogP contribution is -2.45. The van der Waals surface area contributed by atoms with E-state index in [9.17, 15) is 20.0 Å². The molecule has 1 rings (SSSR count). The van der Waals surface area contributed by atoms with Crippen molar-refractivity contribution in [2.75, 3.05) is 12.3 Å². The summed E-state index contributed by atoms with van der Waals surface area (Å²) in [5, 5.41) is 23.6. The van der Waals surface area contributed by atoms with Gasteiger partial charge >= 0.3 is 0 Å². The number of nitrogen functional groups attached to an aromatic ring is 1. The quantitative estimate of drug-likeness (QED) is 0.419. The molecule has 0 aliphatic carbocycles. The van der Waals surface area contributed by atoms with Crippen molar-refractivity contribution in [1.82, 2.24) is 5.32 Å². The number of para-hydroxylation sites is 1. The van der Waals surface area contributed by atoms with Crippen LogP contribution >= 0.6 is 0 Å². The molecule has 0 aliphatic rings. The highest BCUT2D eigenvalue weighted by Crippen LogP contribution is 2.25. The van der Waals surface area contributed by atoms with E-state index < -0.39 is 16.4 Å². The van der Waals surface area contributed by atoms with Gasteiger partial charge in [0.15, 0.2) is 0 Å². The maximum Gasteiger partial charge on any atom is 0.292 e. The summed E-state index contributed by atoms with van der Waals surface area (Å²) in [6.45, 7) is 5.51. The average molecular weight is 295 g/mol. The number of hydrogen-bond donors (Lipinski definition) is 3. The molecule has 0 bridgehead atoms. The Kier molecular flexibility index (Phi) is 5.26. The molecule has 21 heavy (non-hydrogen) atoms. The highest BCUT2D eigenvalue weighted by atomic mass is 16.6. The van der Waals surface area contributed by atoms with Gasteiger partial charge in [-0.15, -0.1) is 0 Å². The number of benzene rings is 1. The van der Waals surface area contributed by atoms with Gasteiger partial charge in [0.1, 0.15) is 5.69 Å². The Hall–Kier alpha value is -2.15. The first kappa shape index (κ1) is 16.9. The largest absolute Gasteiger partial charge is 0.393 e. The molecule has 1 aromatic carbocycles. The van der Waals surface area contributed by atoms with Crippen molar-refractivity contribution < 1.29 is 14.8 Å². The molecule has 0 radical (unpaired) electrons. The number of carbonyl (C=O) groups is 1. The van der Waals surface area contributed by atoms with Crippen molar-refractivity contribution in [2.24, 2.45) is 5.92 Å². The number of hydrogen-bond acceptors (Lipinski definition) is 5. The Morgan fingerprint density at radius 2 is 2.19 bits per heavy atom.